The molecule has 5 heteroatoms. The summed E-state index contributed by atoms with van der Waals surface area (Å²) in [5.41, 5.74) is 0. The number of carbonyl (C=O) groups is 3. The van der Waals surface area contributed by atoms with Gasteiger partial charge in [0.2, 0.25) is 0 Å². The van der Waals surface area contributed by atoms with Crippen molar-refractivity contribution >= 4 is 17.7 Å². The van der Waals surface area contributed by atoms with E-state index in [1.165, 1.54) is 14.0 Å². The number of methoxy groups -OCH3 is 1. The Balaban J connectivity index is 0. The van der Waals surface area contributed by atoms with Crippen molar-refractivity contribution in [3.63, 3.8) is 0 Å². The maximum atomic E-state index is 10.5. The predicted octanol–water partition coefficient (Wildman–Crippen LogP) is 1.01. The van der Waals surface area contributed by atoms with Crippen LogP contribution < -0.4 is 0 Å². The lowest BCUT2D eigenvalue weighted by molar-refractivity contribution is -0.140. The molecule has 0 saturated heterocycles. The predicted molar refractivity (Wildman–Crippen MR) is 49.9 cm³/mol. The van der Waals surface area contributed by atoms with Crippen LogP contribution in [0, 0.1) is 0 Å². The van der Waals surface area contributed by atoms with Crippen LogP contribution in [0.1, 0.15) is 33.1 Å². The van der Waals surface area contributed by atoms with Crippen LogP contribution in [-0.2, 0) is 19.1 Å². The Labute approximate surface area is 83.1 Å². The molecule has 0 radical (unpaired) electrons. The molecule has 1 N–H and O–H groups in total. The lowest BCUT2D eigenvalue weighted by atomic mass is 10.2. The first-order chi connectivity index (χ1) is 6.40. The van der Waals surface area contributed by atoms with Gasteiger partial charge >= 0.3 is 5.97 Å². The fourth-order valence-corrected chi connectivity index (χ4v) is 0.584. The number of carboxylic acids is 1. The molecule has 0 atom stereocenters. The van der Waals surface area contributed by atoms with Gasteiger partial charge in [0, 0.05) is 19.8 Å². The summed E-state index contributed by atoms with van der Waals surface area (Å²) >= 11 is 0. The van der Waals surface area contributed by atoms with Gasteiger partial charge < -0.3 is 14.6 Å². The van der Waals surface area contributed by atoms with E-state index in [0.29, 0.717) is 19.3 Å². The number of rotatable bonds is 4. The van der Waals surface area contributed by atoms with Gasteiger partial charge in [0.1, 0.15) is 5.78 Å². The Bertz CT molecular complexity index is 193. The van der Waals surface area contributed by atoms with Gasteiger partial charge in [0.05, 0.1) is 7.11 Å². The topological polar surface area (TPSA) is 80.7 Å². The minimum atomic E-state index is -0.833. The van der Waals surface area contributed by atoms with Crippen molar-refractivity contribution in [3.8, 4) is 0 Å². The highest BCUT2D eigenvalue weighted by Gasteiger charge is 2.00. The van der Waals surface area contributed by atoms with E-state index in [4.69, 9.17) is 9.90 Å². The van der Waals surface area contributed by atoms with Gasteiger partial charge in [-0.3, -0.25) is 9.59 Å². The summed E-state index contributed by atoms with van der Waals surface area (Å²) < 4.78 is 4.38. The molecule has 82 valence electrons. The molecule has 0 aromatic heterocycles. The second-order valence-electron chi connectivity index (χ2n) is 2.65. The van der Waals surface area contributed by atoms with Crippen LogP contribution in [0.5, 0.6) is 0 Å². The molecule has 0 aliphatic carbocycles. The SMILES string of the molecule is CC(=O)O.COC(=O)CCCC(C)=O. The fourth-order valence-electron chi connectivity index (χ4n) is 0.584. The molecule has 0 amide bonds. The van der Waals surface area contributed by atoms with Crippen LogP contribution in [-0.4, -0.2) is 29.9 Å². The molecule has 0 heterocycles. The van der Waals surface area contributed by atoms with Crippen molar-refractivity contribution in [1.82, 2.24) is 0 Å². The van der Waals surface area contributed by atoms with Crippen molar-refractivity contribution in [3.05, 3.63) is 0 Å². The van der Waals surface area contributed by atoms with E-state index in [-0.39, 0.29) is 11.8 Å². The monoisotopic (exact) mass is 204 g/mol. The molecule has 0 saturated carbocycles. The maximum absolute atomic E-state index is 10.5. The molecule has 5 nitrogen and oxygen atoms in total. The van der Waals surface area contributed by atoms with Crippen LogP contribution in [0.3, 0.4) is 0 Å². The van der Waals surface area contributed by atoms with Gasteiger partial charge in [-0.15, -0.1) is 0 Å². The number of carboxylic acid groups (broad SMARTS) is 1. The quantitative estimate of drug-likeness (QED) is 0.691. The third-order valence-corrected chi connectivity index (χ3v) is 1.14. The Kier molecular flexibility index (Phi) is 10.5. The van der Waals surface area contributed by atoms with Gasteiger partial charge in [-0.25, -0.2) is 0 Å². The smallest absolute Gasteiger partial charge is 0.305 e. The molecule has 0 fully saturated rings. The molecule has 0 aliphatic heterocycles. The molecule has 0 bridgehead atoms. The number of ether oxygens (including phenoxy) is 1. The average Bonchev–Trinajstić information content (AvgIpc) is 2.02. The van der Waals surface area contributed by atoms with Gasteiger partial charge in [-0.05, 0) is 13.3 Å². The summed E-state index contributed by atoms with van der Waals surface area (Å²) in [5.74, 6) is -0.967. The Morgan fingerprint density at radius 1 is 1.14 bits per heavy atom. The number of esters is 1. The highest BCUT2D eigenvalue weighted by Crippen LogP contribution is 1.96. The first-order valence-corrected chi connectivity index (χ1v) is 4.16. The summed E-state index contributed by atoms with van der Waals surface area (Å²) in [5, 5.41) is 7.42. The summed E-state index contributed by atoms with van der Waals surface area (Å²) in [6, 6.07) is 0. The minimum absolute atomic E-state index is 0.115. The van der Waals surface area contributed by atoms with E-state index in [1.807, 2.05) is 0 Å². The molecule has 0 spiro atoms. The van der Waals surface area contributed by atoms with Gasteiger partial charge in [-0.2, -0.15) is 0 Å². The number of aliphatic carboxylic acids is 1. The van der Waals surface area contributed by atoms with E-state index >= 15 is 0 Å². The van der Waals surface area contributed by atoms with Crippen LogP contribution in [0.4, 0.5) is 0 Å². The largest absolute Gasteiger partial charge is 0.481 e. The lowest BCUT2D eigenvalue weighted by Gasteiger charge is -1.95. The Hall–Kier alpha value is -1.39. The van der Waals surface area contributed by atoms with E-state index in [9.17, 15) is 9.59 Å². The maximum Gasteiger partial charge on any atom is 0.305 e. The minimum Gasteiger partial charge on any atom is -0.481 e. The lowest BCUT2D eigenvalue weighted by Crippen LogP contribution is -2.00. The van der Waals surface area contributed by atoms with E-state index in [1.54, 1.807) is 0 Å². The zero-order valence-electron chi connectivity index (χ0n) is 8.70. The number of hydrogen-bond acceptors (Lipinski definition) is 4. The third kappa shape index (κ3) is 22.4. The molecule has 0 aliphatic rings. The van der Waals surface area contributed by atoms with Crippen molar-refractivity contribution < 1.29 is 24.2 Å². The highest BCUT2D eigenvalue weighted by molar-refractivity contribution is 5.76. The van der Waals surface area contributed by atoms with E-state index in [0.717, 1.165) is 6.92 Å². The Morgan fingerprint density at radius 3 is 1.86 bits per heavy atom. The summed E-state index contributed by atoms with van der Waals surface area (Å²) in [4.78, 5) is 29.8. The number of Topliss-reactive ketones (excluding diaryl/α,β-unsaturated/α-hetero) is 1. The summed E-state index contributed by atoms with van der Waals surface area (Å²) in [7, 11) is 1.34. The average molecular weight is 204 g/mol. The zero-order valence-corrected chi connectivity index (χ0v) is 8.70. The van der Waals surface area contributed by atoms with Crippen LogP contribution in [0.15, 0.2) is 0 Å². The molecular weight excluding hydrogens is 188 g/mol. The summed E-state index contributed by atoms with van der Waals surface area (Å²) in [6.07, 6.45) is 1.41. The van der Waals surface area contributed by atoms with Gasteiger partial charge in [0.25, 0.3) is 5.97 Å². The second-order valence-corrected chi connectivity index (χ2v) is 2.65. The van der Waals surface area contributed by atoms with Crippen molar-refractivity contribution in [2.24, 2.45) is 0 Å². The summed E-state index contributed by atoms with van der Waals surface area (Å²) in [6.45, 7) is 2.59. The number of carbonyl (C=O) groups excluding carboxylic acids is 2. The van der Waals surface area contributed by atoms with Crippen LogP contribution >= 0.6 is 0 Å². The fraction of sp³-hybridized carbons (Fsp3) is 0.667. The molecule has 0 unspecified atom stereocenters. The molecule has 14 heavy (non-hydrogen) atoms. The number of ketones is 1. The first kappa shape index (κ1) is 15.1. The molecule has 0 aromatic carbocycles. The van der Waals surface area contributed by atoms with Gasteiger partial charge in [0.15, 0.2) is 0 Å². The van der Waals surface area contributed by atoms with Crippen molar-refractivity contribution in [2.75, 3.05) is 7.11 Å². The van der Waals surface area contributed by atoms with E-state index < -0.39 is 5.97 Å². The van der Waals surface area contributed by atoms with Crippen LogP contribution in [0.25, 0.3) is 0 Å². The van der Waals surface area contributed by atoms with Crippen molar-refractivity contribution in [1.29, 1.82) is 0 Å². The standard InChI is InChI=1S/C7H12O3.C2H4O2/c1-6(8)4-3-5-7(9)10-2;1-2(3)4/h3-5H2,1-2H3;1H3,(H,3,4). The second kappa shape index (κ2) is 9.70. The van der Waals surface area contributed by atoms with Gasteiger partial charge in [-0.1, -0.05) is 0 Å². The number of hydrogen-bond donors (Lipinski definition) is 1. The zero-order chi connectivity index (χ0) is 11.6. The molecule has 0 rings (SSSR count). The third-order valence-electron chi connectivity index (χ3n) is 1.14. The molecule has 0 aromatic rings. The molecular formula is C9H16O5. The highest BCUT2D eigenvalue weighted by atomic mass is 16.5. The van der Waals surface area contributed by atoms with Crippen molar-refractivity contribution in [2.45, 2.75) is 33.1 Å². The van der Waals surface area contributed by atoms with Crippen LogP contribution in [0.2, 0.25) is 0 Å². The first-order valence-electron chi connectivity index (χ1n) is 4.16. The Morgan fingerprint density at radius 2 is 1.57 bits per heavy atom. The van der Waals surface area contributed by atoms with E-state index in [2.05, 4.69) is 4.74 Å². The normalized spacial score (nSPS) is 8.21.